The van der Waals surface area contributed by atoms with Crippen molar-refractivity contribution in [2.75, 3.05) is 11.9 Å². The Balaban J connectivity index is 1.91. The summed E-state index contributed by atoms with van der Waals surface area (Å²) < 4.78 is 0. The van der Waals surface area contributed by atoms with E-state index in [1.165, 1.54) is 0 Å². The lowest BCUT2D eigenvalue weighted by Gasteiger charge is -2.27. The summed E-state index contributed by atoms with van der Waals surface area (Å²) in [6.45, 7) is 0.285. The highest BCUT2D eigenvalue weighted by molar-refractivity contribution is 5.31. The van der Waals surface area contributed by atoms with Crippen LogP contribution in [0.3, 0.4) is 0 Å². The number of aromatic nitrogens is 2. The van der Waals surface area contributed by atoms with E-state index >= 15 is 0 Å². The van der Waals surface area contributed by atoms with E-state index in [9.17, 15) is 0 Å². The predicted octanol–water partition coefficient (Wildman–Crippen LogP) is 1.31. The second-order valence-electron chi connectivity index (χ2n) is 4.42. The zero-order valence-electron chi connectivity index (χ0n) is 9.63. The number of nitriles is 1. The Kier molecular flexibility index (Phi) is 3.89. The molecule has 5 heteroatoms. The molecule has 0 radical (unpaired) electrons. The molecule has 2 rings (SSSR count). The van der Waals surface area contributed by atoms with E-state index in [-0.39, 0.29) is 6.61 Å². The summed E-state index contributed by atoms with van der Waals surface area (Å²) >= 11 is 0. The summed E-state index contributed by atoms with van der Waals surface area (Å²) in [4.78, 5) is 8.19. The molecular formula is C12H16N4O. The first-order chi connectivity index (χ1) is 8.31. The van der Waals surface area contributed by atoms with Crippen molar-refractivity contribution < 1.29 is 5.11 Å². The highest BCUT2D eigenvalue weighted by atomic mass is 16.3. The molecule has 2 N–H and O–H groups in total. The first kappa shape index (κ1) is 11.8. The fourth-order valence-electron chi connectivity index (χ4n) is 2.16. The van der Waals surface area contributed by atoms with Gasteiger partial charge in [0.05, 0.1) is 0 Å². The number of anilines is 1. The number of aliphatic hydroxyl groups excluding tert-OH is 1. The smallest absolute Gasteiger partial charge is 0.224 e. The van der Waals surface area contributed by atoms with E-state index < -0.39 is 0 Å². The van der Waals surface area contributed by atoms with Gasteiger partial charge in [-0.2, -0.15) is 5.26 Å². The molecule has 1 heterocycles. The summed E-state index contributed by atoms with van der Waals surface area (Å²) in [6.07, 6.45) is 5.70. The fourth-order valence-corrected chi connectivity index (χ4v) is 2.16. The largest absolute Gasteiger partial charge is 0.396 e. The fraction of sp³-hybridized carbons (Fsp3) is 0.583. The van der Waals surface area contributed by atoms with Crippen LogP contribution in [0.15, 0.2) is 12.3 Å². The normalized spacial score (nSPS) is 24.0. The molecule has 17 heavy (non-hydrogen) atoms. The number of hydrogen-bond donors (Lipinski definition) is 2. The number of hydrogen-bond acceptors (Lipinski definition) is 5. The first-order valence-electron chi connectivity index (χ1n) is 5.92. The van der Waals surface area contributed by atoms with Crippen molar-refractivity contribution in [3.8, 4) is 6.07 Å². The molecule has 1 aliphatic rings. The lowest BCUT2D eigenvalue weighted by atomic mass is 9.87. The summed E-state index contributed by atoms with van der Waals surface area (Å²) in [7, 11) is 0. The molecule has 0 atom stereocenters. The van der Waals surface area contributed by atoms with Gasteiger partial charge in [-0.15, -0.1) is 0 Å². The van der Waals surface area contributed by atoms with E-state index in [2.05, 4.69) is 15.3 Å². The molecule has 90 valence electrons. The second-order valence-corrected chi connectivity index (χ2v) is 4.42. The van der Waals surface area contributed by atoms with Gasteiger partial charge < -0.3 is 10.4 Å². The minimum atomic E-state index is 0.285. The third-order valence-electron chi connectivity index (χ3n) is 3.21. The molecule has 1 aliphatic carbocycles. The van der Waals surface area contributed by atoms with Crippen LogP contribution in [0.25, 0.3) is 0 Å². The molecule has 1 aromatic rings. The van der Waals surface area contributed by atoms with Gasteiger partial charge in [0.2, 0.25) is 5.95 Å². The summed E-state index contributed by atoms with van der Waals surface area (Å²) in [5.41, 5.74) is 0.381. The van der Waals surface area contributed by atoms with Crippen molar-refractivity contribution >= 4 is 5.95 Å². The lowest BCUT2D eigenvalue weighted by molar-refractivity contribution is 0.185. The van der Waals surface area contributed by atoms with Crippen molar-refractivity contribution in [1.29, 1.82) is 5.26 Å². The van der Waals surface area contributed by atoms with Crippen molar-refractivity contribution in [2.24, 2.45) is 5.92 Å². The number of nitrogens with zero attached hydrogens (tertiary/aromatic N) is 3. The molecule has 0 amide bonds. The second kappa shape index (κ2) is 5.60. The number of nitrogens with one attached hydrogen (secondary N) is 1. The van der Waals surface area contributed by atoms with Gasteiger partial charge in [0, 0.05) is 18.8 Å². The van der Waals surface area contributed by atoms with Gasteiger partial charge in [0.15, 0.2) is 0 Å². The van der Waals surface area contributed by atoms with Crippen LogP contribution >= 0.6 is 0 Å². The van der Waals surface area contributed by atoms with Crippen LogP contribution in [-0.2, 0) is 0 Å². The van der Waals surface area contributed by atoms with E-state index in [4.69, 9.17) is 10.4 Å². The topological polar surface area (TPSA) is 81.8 Å². The Labute approximate surface area is 101 Å². The zero-order valence-corrected chi connectivity index (χ0v) is 9.63. The van der Waals surface area contributed by atoms with E-state index in [0.717, 1.165) is 25.7 Å². The van der Waals surface area contributed by atoms with Crippen molar-refractivity contribution in [1.82, 2.24) is 9.97 Å². The van der Waals surface area contributed by atoms with Gasteiger partial charge in [-0.05, 0) is 37.7 Å². The molecule has 0 spiro atoms. The molecule has 0 saturated heterocycles. The van der Waals surface area contributed by atoms with E-state index in [0.29, 0.717) is 23.6 Å². The molecule has 0 aromatic carbocycles. The lowest BCUT2D eigenvalue weighted by Crippen LogP contribution is -2.28. The third kappa shape index (κ3) is 3.14. The van der Waals surface area contributed by atoms with Crippen molar-refractivity contribution in [3.63, 3.8) is 0 Å². The van der Waals surface area contributed by atoms with Crippen LogP contribution in [0.5, 0.6) is 0 Å². The first-order valence-corrected chi connectivity index (χ1v) is 5.92. The SMILES string of the molecule is N#Cc1ccnc(NC2CCC(CO)CC2)n1. The minimum absolute atomic E-state index is 0.285. The third-order valence-corrected chi connectivity index (χ3v) is 3.21. The zero-order chi connectivity index (χ0) is 12.1. The van der Waals surface area contributed by atoms with Crippen LogP contribution in [-0.4, -0.2) is 27.7 Å². The predicted molar refractivity (Wildman–Crippen MR) is 63.2 cm³/mol. The number of rotatable bonds is 3. The Hall–Kier alpha value is -1.67. The average Bonchev–Trinajstić information content (AvgIpc) is 2.40. The van der Waals surface area contributed by atoms with Gasteiger partial charge in [-0.25, -0.2) is 9.97 Å². The maximum absolute atomic E-state index is 9.05. The molecule has 0 bridgehead atoms. The van der Waals surface area contributed by atoms with Crippen LogP contribution < -0.4 is 5.32 Å². The molecule has 0 unspecified atom stereocenters. The summed E-state index contributed by atoms with van der Waals surface area (Å²) in [5, 5.41) is 21.0. The summed E-state index contributed by atoms with van der Waals surface area (Å²) in [5.74, 6) is 0.968. The molecule has 5 nitrogen and oxygen atoms in total. The molecule has 0 aliphatic heterocycles. The molecule has 1 aromatic heterocycles. The van der Waals surface area contributed by atoms with Crippen LogP contribution in [0.1, 0.15) is 31.4 Å². The van der Waals surface area contributed by atoms with Gasteiger partial charge in [-0.3, -0.25) is 0 Å². The molecule has 1 fully saturated rings. The summed E-state index contributed by atoms with van der Waals surface area (Å²) in [6, 6.07) is 3.94. The highest BCUT2D eigenvalue weighted by Crippen LogP contribution is 2.25. The van der Waals surface area contributed by atoms with Crippen molar-refractivity contribution in [2.45, 2.75) is 31.7 Å². The van der Waals surface area contributed by atoms with Crippen LogP contribution in [0.4, 0.5) is 5.95 Å². The van der Waals surface area contributed by atoms with Gasteiger partial charge >= 0.3 is 0 Å². The highest BCUT2D eigenvalue weighted by Gasteiger charge is 2.20. The van der Waals surface area contributed by atoms with Crippen LogP contribution in [0, 0.1) is 17.2 Å². The Morgan fingerprint density at radius 3 is 2.82 bits per heavy atom. The maximum atomic E-state index is 9.05. The maximum Gasteiger partial charge on any atom is 0.224 e. The number of aliphatic hydroxyl groups is 1. The standard InChI is InChI=1S/C12H16N4O/c13-7-11-5-6-14-12(16-11)15-10-3-1-9(8-17)2-4-10/h5-6,9-10,17H,1-4,8H2,(H,14,15,16). The Morgan fingerprint density at radius 2 is 2.18 bits per heavy atom. The quantitative estimate of drug-likeness (QED) is 0.821. The minimum Gasteiger partial charge on any atom is -0.396 e. The molecular weight excluding hydrogens is 216 g/mol. The van der Waals surface area contributed by atoms with Crippen LogP contribution in [0.2, 0.25) is 0 Å². The van der Waals surface area contributed by atoms with Crippen molar-refractivity contribution in [3.05, 3.63) is 18.0 Å². The van der Waals surface area contributed by atoms with Gasteiger partial charge in [-0.1, -0.05) is 0 Å². The van der Waals surface area contributed by atoms with Gasteiger partial charge in [0.1, 0.15) is 11.8 Å². The van der Waals surface area contributed by atoms with Gasteiger partial charge in [0.25, 0.3) is 0 Å². The Morgan fingerprint density at radius 1 is 1.41 bits per heavy atom. The van der Waals surface area contributed by atoms with E-state index in [1.54, 1.807) is 12.3 Å². The average molecular weight is 232 g/mol. The Bertz CT molecular complexity index is 407. The van der Waals surface area contributed by atoms with E-state index in [1.807, 2.05) is 6.07 Å². The monoisotopic (exact) mass is 232 g/mol. The molecule has 1 saturated carbocycles.